The maximum Gasteiger partial charge on any atom is 0.348 e. The van der Waals surface area contributed by atoms with Crippen molar-refractivity contribution in [3.8, 4) is 0 Å². The number of ether oxygens (including phenoxy) is 1. The second kappa shape index (κ2) is 8.85. The van der Waals surface area contributed by atoms with Gasteiger partial charge in [-0.15, -0.1) is 11.3 Å². The lowest BCUT2D eigenvalue weighted by Crippen LogP contribution is -2.36. The molecule has 1 saturated heterocycles. The molecule has 0 saturated carbocycles. The number of benzene rings is 1. The average molecular weight is 423 g/mol. The third-order valence-corrected chi connectivity index (χ3v) is 7.35. The predicted molar refractivity (Wildman–Crippen MR) is 107 cm³/mol. The zero-order valence-electron chi connectivity index (χ0n) is 15.5. The maximum atomic E-state index is 12.9. The monoisotopic (exact) mass is 422 g/mol. The number of thiophene rings is 1. The summed E-state index contributed by atoms with van der Waals surface area (Å²) in [7, 11) is -3.61. The molecule has 2 heterocycles. The molecule has 9 heteroatoms. The normalized spacial score (nSPS) is 15.2. The van der Waals surface area contributed by atoms with Gasteiger partial charge >= 0.3 is 5.97 Å². The first-order valence-corrected chi connectivity index (χ1v) is 11.3. The summed E-state index contributed by atoms with van der Waals surface area (Å²) < 4.78 is 32.3. The highest BCUT2D eigenvalue weighted by atomic mass is 32.2. The Labute approximate surface area is 168 Å². The fourth-order valence-corrected chi connectivity index (χ4v) is 5.38. The number of carbonyl (C=O) groups excluding carboxylic acids is 2. The van der Waals surface area contributed by atoms with Gasteiger partial charge in [0.05, 0.1) is 4.90 Å². The van der Waals surface area contributed by atoms with E-state index in [1.165, 1.54) is 21.7 Å². The third-order valence-electron chi connectivity index (χ3n) is 4.46. The van der Waals surface area contributed by atoms with Gasteiger partial charge < -0.3 is 10.1 Å². The number of aryl methyl sites for hydroxylation is 1. The van der Waals surface area contributed by atoms with Gasteiger partial charge in [0.1, 0.15) is 4.88 Å². The van der Waals surface area contributed by atoms with Crippen molar-refractivity contribution in [2.24, 2.45) is 0 Å². The summed E-state index contributed by atoms with van der Waals surface area (Å²) in [5.74, 6) is -1.10. The van der Waals surface area contributed by atoms with Gasteiger partial charge in [0, 0.05) is 18.8 Å². The molecule has 28 heavy (non-hydrogen) atoms. The van der Waals surface area contributed by atoms with Crippen molar-refractivity contribution in [1.29, 1.82) is 0 Å². The predicted octanol–water partition coefficient (Wildman–Crippen LogP) is 3.03. The summed E-state index contributed by atoms with van der Waals surface area (Å²) in [6.07, 6.45) is 2.74. The smallest absolute Gasteiger partial charge is 0.348 e. The molecule has 0 bridgehead atoms. The van der Waals surface area contributed by atoms with Crippen LogP contribution in [-0.2, 0) is 19.6 Å². The maximum absolute atomic E-state index is 12.9. The summed E-state index contributed by atoms with van der Waals surface area (Å²) >= 11 is 1.23. The fraction of sp³-hybridized carbons (Fsp3) is 0.368. The molecule has 0 spiro atoms. The van der Waals surface area contributed by atoms with Crippen LogP contribution < -0.4 is 5.32 Å². The molecular weight excluding hydrogens is 400 g/mol. The molecule has 1 aromatic heterocycles. The van der Waals surface area contributed by atoms with E-state index in [1.807, 2.05) is 0 Å². The summed E-state index contributed by atoms with van der Waals surface area (Å²) in [6, 6.07) is 8.08. The van der Waals surface area contributed by atoms with E-state index in [-0.39, 0.29) is 4.90 Å². The SMILES string of the molecule is Cc1ccc(NC(=O)COC(=O)c2cccs2)cc1S(=O)(=O)N1CCCCC1. The first-order chi connectivity index (χ1) is 13.4. The van der Waals surface area contributed by atoms with Crippen LogP contribution in [0.4, 0.5) is 5.69 Å². The Morgan fingerprint density at radius 3 is 2.61 bits per heavy atom. The van der Waals surface area contributed by atoms with Crippen LogP contribution in [0.25, 0.3) is 0 Å². The van der Waals surface area contributed by atoms with E-state index in [4.69, 9.17) is 4.74 Å². The van der Waals surface area contributed by atoms with Crippen LogP contribution in [0.2, 0.25) is 0 Å². The minimum atomic E-state index is -3.61. The number of hydrogen-bond acceptors (Lipinski definition) is 6. The van der Waals surface area contributed by atoms with Gasteiger partial charge in [-0.25, -0.2) is 13.2 Å². The van der Waals surface area contributed by atoms with Crippen molar-refractivity contribution in [3.63, 3.8) is 0 Å². The Morgan fingerprint density at radius 2 is 1.93 bits per heavy atom. The Hall–Kier alpha value is -2.23. The summed E-state index contributed by atoms with van der Waals surface area (Å²) in [4.78, 5) is 24.5. The number of rotatable bonds is 6. The van der Waals surface area contributed by atoms with Crippen LogP contribution in [0.1, 0.15) is 34.5 Å². The van der Waals surface area contributed by atoms with Crippen molar-refractivity contribution >= 4 is 38.9 Å². The number of piperidine rings is 1. The number of carbonyl (C=O) groups is 2. The molecule has 3 rings (SSSR count). The van der Waals surface area contributed by atoms with E-state index in [1.54, 1.807) is 36.6 Å². The molecule has 2 aromatic rings. The molecule has 1 aliphatic heterocycles. The number of nitrogens with one attached hydrogen (secondary N) is 1. The molecule has 0 unspecified atom stereocenters. The number of nitrogens with zero attached hydrogens (tertiary/aromatic N) is 1. The lowest BCUT2D eigenvalue weighted by molar-refractivity contribution is -0.119. The summed E-state index contributed by atoms with van der Waals surface area (Å²) in [6.45, 7) is 2.30. The van der Waals surface area contributed by atoms with Gasteiger partial charge in [-0.1, -0.05) is 18.6 Å². The molecule has 1 N–H and O–H groups in total. The molecule has 7 nitrogen and oxygen atoms in total. The number of sulfonamides is 1. The molecule has 1 aliphatic rings. The van der Waals surface area contributed by atoms with Gasteiger partial charge in [-0.3, -0.25) is 4.79 Å². The molecule has 1 amide bonds. The number of hydrogen-bond donors (Lipinski definition) is 1. The van der Waals surface area contributed by atoms with Crippen molar-refractivity contribution < 1.29 is 22.7 Å². The molecular formula is C19H22N2O5S2. The highest BCUT2D eigenvalue weighted by molar-refractivity contribution is 7.89. The quantitative estimate of drug-likeness (QED) is 0.723. The minimum absolute atomic E-state index is 0.183. The zero-order chi connectivity index (χ0) is 20.1. The average Bonchev–Trinajstić information content (AvgIpc) is 3.23. The van der Waals surface area contributed by atoms with Gasteiger partial charge in [0.15, 0.2) is 6.61 Å². The number of anilines is 1. The molecule has 0 aliphatic carbocycles. The molecule has 0 radical (unpaired) electrons. The van der Waals surface area contributed by atoms with Crippen LogP contribution in [0, 0.1) is 6.92 Å². The standard InChI is InChI=1S/C19H22N2O5S2/c1-14-7-8-15(12-17(14)28(24,25)21-9-3-2-4-10-21)20-18(22)13-26-19(23)16-6-5-11-27-16/h5-8,11-12H,2-4,9-10,13H2,1H3,(H,20,22). The van der Waals surface area contributed by atoms with Gasteiger partial charge in [0.2, 0.25) is 10.0 Å². The minimum Gasteiger partial charge on any atom is -0.451 e. The van der Waals surface area contributed by atoms with E-state index >= 15 is 0 Å². The van der Waals surface area contributed by atoms with Gasteiger partial charge in [-0.2, -0.15) is 4.31 Å². The van der Waals surface area contributed by atoms with Crippen molar-refractivity contribution in [1.82, 2.24) is 4.31 Å². The lowest BCUT2D eigenvalue weighted by Gasteiger charge is -2.26. The second-order valence-electron chi connectivity index (χ2n) is 6.55. The van der Waals surface area contributed by atoms with Crippen LogP contribution in [0.5, 0.6) is 0 Å². The Bertz CT molecular complexity index is 949. The van der Waals surface area contributed by atoms with Crippen molar-refractivity contribution in [2.45, 2.75) is 31.1 Å². The van der Waals surface area contributed by atoms with Gasteiger partial charge in [0.25, 0.3) is 5.91 Å². The van der Waals surface area contributed by atoms with Crippen LogP contribution in [-0.4, -0.2) is 44.3 Å². The fourth-order valence-electron chi connectivity index (χ4n) is 2.99. The van der Waals surface area contributed by atoms with Gasteiger partial charge in [-0.05, 0) is 48.9 Å². The van der Waals surface area contributed by atoms with E-state index in [0.717, 1.165) is 19.3 Å². The molecule has 0 atom stereocenters. The largest absolute Gasteiger partial charge is 0.451 e. The van der Waals surface area contributed by atoms with Crippen molar-refractivity contribution in [2.75, 3.05) is 25.0 Å². The number of esters is 1. The molecule has 1 fully saturated rings. The van der Waals surface area contributed by atoms with E-state index < -0.39 is 28.5 Å². The molecule has 1 aromatic carbocycles. The van der Waals surface area contributed by atoms with Crippen LogP contribution in [0.15, 0.2) is 40.6 Å². The zero-order valence-corrected chi connectivity index (χ0v) is 17.1. The summed E-state index contributed by atoms with van der Waals surface area (Å²) in [5.41, 5.74) is 0.964. The topological polar surface area (TPSA) is 92.8 Å². The van der Waals surface area contributed by atoms with E-state index in [9.17, 15) is 18.0 Å². The third kappa shape index (κ3) is 4.78. The second-order valence-corrected chi connectivity index (χ2v) is 9.40. The van der Waals surface area contributed by atoms with Crippen LogP contribution in [0.3, 0.4) is 0 Å². The Kier molecular flexibility index (Phi) is 6.48. The number of amides is 1. The lowest BCUT2D eigenvalue weighted by atomic mass is 10.2. The molecule has 150 valence electrons. The van der Waals surface area contributed by atoms with E-state index in [0.29, 0.717) is 29.2 Å². The first-order valence-electron chi connectivity index (χ1n) is 8.99. The van der Waals surface area contributed by atoms with Crippen molar-refractivity contribution in [3.05, 3.63) is 46.2 Å². The Balaban J connectivity index is 1.67. The Morgan fingerprint density at radius 1 is 1.18 bits per heavy atom. The van der Waals surface area contributed by atoms with E-state index in [2.05, 4.69) is 5.32 Å². The summed E-state index contributed by atoms with van der Waals surface area (Å²) in [5, 5.41) is 4.33. The highest BCUT2D eigenvalue weighted by Gasteiger charge is 2.27. The van der Waals surface area contributed by atoms with Crippen LogP contribution >= 0.6 is 11.3 Å². The first kappa shape index (κ1) is 20.5. The highest BCUT2D eigenvalue weighted by Crippen LogP contribution is 2.26.